The van der Waals surface area contributed by atoms with Gasteiger partial charge in [0, 0.05) is 13.2 Å². The van der Waals surface area contributed by atoms with Crippen LogP contribution >= 0.6 is 11.6 Å². The number of aromatic hydroxyl groups is 1. The quantitative estimate of drug-likeness (QED) is 0.650. The van der Waals surface area contributed by atoms with Gasteiger partial charge in [-0.3, -0.25) is 19.0 Å². The number of carbonyl (C=O) groups is 2. The molecule has 0 aliphatic rings. The van der Waals surface area contributed by atoms with Gasteiger partial charge in [0.15, 0.2) is 5.65 Å². The minimum atomic E-state index is -1.28. The number of aromatic nitrogens is 3. The number of carboxylic acid groups (broad SMARTS) is 1. The molecule has 0 spiro atoms. The summed E-state index contributed by atoms with van der Waals surface area (Å²) in [5, 5.41) is 20.5. The summed E-state index contributed by atoms with van der Waals surface area (Å²) in [7, 11) is 1.33. The molecule has 3 N–H and O–H groups in total. The zero-order valence-electron chi connectivity index (χ0n) is 10.6. The van der Waals surface area contributed by atoms with Crippen molar-refractivity contribution in [3.63, 3.8) is 0 Å². The van der Waals surface area contributed by atoms with Gasteiger partial charge >= 0.3 is 5.97 Å². The monoisotopic (exact) mass is 312 g/mol. The van der Waals surface area contributed by atoms with Gasteiger partial charge in [-0.25, -0.2) is 4.98 Å². The number of carboxylic acids is 1. The Balaban J connectivity index is 2.65. The number of pyridine rings is 1. The van der Waals surface area contributed by atoms with Gasteiger partial charge in [0.1, 0.15) is 17.9 Å². The zero-order valence-corrected chi connectivity index (χ0v) is 11.4. The highest BCUT2D eigenvalue weighted by Gasteiger charge is 2.22. The van der Waals surface area contributed by atoms with Crippen molar-refractivity contribution in [1.82, 2.24) is 19.9 Å². The van der Waals surface area contributed by atoms with Gasteiger partial charge in [-0.2, -0.15) is 4.98 Å². The minimum absolute atomic E-state index is 0.0435. The lowest BCUT2D eigenvalue weighted by molar-refractivity contribution is -0.135. The maximum Gasteiger partial charge on any atom is 0.322 e. The van der Waals surface area contributed by atoms with Crippen LogP contribution in [0.3, 0.4) is 0 Å². The fourth-order valence-corrected chi connectivity index (χ4v) is 1.85. The van der Waals surface area contributed by atoms with Crippen LogP contribution in [0.15, 0.2) is 11.0 Å². The SMILES string of the molecule is Cn1c(=O)c(C(=O)NCC(=O)O)c(O)c2cnc(Cl)nc21. The van der Waals surface area contributed by atoms with Gasteiger partial charge < -0.3 is 15.5 Å². The van der Waals surface area contributed by atoms with Gasteiger partial charge in [-0.05, 0) is 11.6 Å². The molecule has 0 aromatic carbocycles. The van der Waals surface area contributed by atoms with Crippen molar-refractivity contribution in [3.8, 4) is 5.75 Å². The van der Waals surface area contributed by atoms with Gasteiger partial charge in [0.2, 0.25) is 5.28 Å². The van der Waals surface area contributed by atoms with Crippen molar-refractivity contribution < 1.29 is 19.8 Å². The van der Waals surface area contributed by atoms with Crippen LogP contribution in [0, 0.1) is 0 Å². The number of hydrogen-bond acceptors (Lipinski definition) is 6. The summed E-state index contributed by atoms with van der Waals surface area (Å²) in [5.41, 5.74) is -1.37. The van der Waals surface area contributed by atoms with E-state index < -0.39 is 35.3 Å². The van der Waals surface area contributed by atoms with E-state index in [9.17, 15) is 19.5 Å². The van der Waals surface area contributed by atoms with E-state index in [1.54, 1.807) is 0 Å². The van der Waals surface area contributed by atoms with E-state index in [-0.39, 0.29) is 16.3 Å². The largest absolute Gasteiger partial charge is 0.506 e. The Hall–Kier alpha value is -2.68. The molecule has 0 atom stereocenters. The average Bonchev–Trinajstić information content (AvgIpc) is 2.42. The molecule has 110 valence electrons. The normalized spacial score (nSPS) is 10.6. The first kappa shape index (κ1) is 14.7. The van der Waals surface area contributed by atoms with E-state index in [2.05, 4.69) is 9.97 Å². The van der Waals surface area contributed by atoms with Gasteiger partial charge in [-0.15, -0.1) is 0 Å². The summed E-state index contributed by atoms with van der Waals surface area (Å²) < 4.78 is 1.01. The Bertz CT molecular complexity index is 816. The van der Waals surface area contributed by atoms with Gasteiger partial charge in [0.25, 0.3) is 11.5 Å². The molecule has 0 saturated heterocycles. The number of aryl methyl sites for hydroxylation is 1. The van der Waals surface area contributed by atoms with Crippen LogP contribution in [0.4, 0.5) is 0 Å². The second-order valence-electron chi connectivity index (χ2n) is 4.04. The van der Waals surface area contributed by atoms with E-state index in [1.165, 1.54) is 7.05 Å². The molecule has 2 aromatic rings. The maximum absolute atomic E-state index is 12.1. The van der Waals surface area contributed by atoms with Crippen LogP contribution in [0.2, 0.25) is 5.28 Å². The van der Waals surface area contributed by atoms with Crippen LogP contribution in [0.25, 0.3) is 11.0 Å². The highest BCUT2D eigenvalue weighted by molar-refractivity contribution is 6.28. The fourth-order valence-electron chi connectivity index (χ4n) is 1.72. The number of fused-ring (bicyclic) bond motifs is 1. The summed E-state index contributed by atoms with van der Waals surface area (Å²) in [6, 6.07) is 0. The average molecular weight is 313 g/mol. The lowest BCUT2D eigenvalue weighted by Gasteiger charge is -2.10. The van der Waals surface area contributed by atoms with Crippen molar-refractivity contribution in [2.45, 2.75) is 0 Å². The Morgan fingerprint density at radius 1 is 1.48 bits per heavy atom. The summed E-state index contributed by atoms with van der Waals surface area (Å²) in [6.45, 7) is -0.684. The highest BCUT2D eigenvalue weighted by Crippen LogP contribution is 2.24. The second kappa shape index (κ2) is 5.37. The Kier molecular flexibility index (Phi) is 3.76. The molecular weight excluding hydrogens is 304 g/mol. The minimum Gasteiger partial charge on any atom is -0.506 e. The van der Waals surface area contributed by atoms with Gasteiger partial charge in [-0.1, -0.05) is 0 Å². The van der Waals surface area contributed by atoms with E-state index in [0.29, 0.717) is 0 Å². The second-order valence-corrected chi connectivity index (χ2v) is 4.38. The molecular formula is C11H9ClN4O5. The number of aliphatic carboxylic acids is 1. The molecule has 2 aromatic heterocycles. The Morgan fingerprint density at radius 2 is 2.14 bits per heavy atom. The maximum atomic E-state index is 12.1. The molecule has 21 heavy (non-hydrogen) atoms. The third-order valence-corrected chi connectivity index (χ3v) is 2.88. The Morgan fingerprint density at radius 3 is 2.76 bits per heavy atom. The Labute approximate surface area is 121 Å². The lowest BCUT2D eigenvalue weighted by atomic mass is 10.2. The molecule has 0 aliphatic heterocycles. The first-order valence-electron chi connectivity index (χ1n) is 5.57. The van der Waals surface area contributed by atoms with E-state index >= 15 is 0 Å². The van der Waals surface area contributed by atoms with Crippen molar-refractivity contribution in [1.29, 1.82) is 0 Å². The molecule has 9 nitrogen and oxygen atoms in total. The molecule has 2 rings (SSSR count). The zero-order chi connectivity index (χ0) is 15.7. The molecule has 0 bridgehead atoms. The summed E-state index contributed by atoms with van der Waals surface area (Å²) in [6.07, 6.45) is 1.16. The molecule has 2 heterocycles. The van der Waals surface area contributed by atoms with Crippen molar-refractivity contribution in [3.05, 3.63) is 27.4 Å². The molecule has 0 radical (unpaired) electrons. The van der Waals surface area contributed by atoms with Crippen molar-refractivity contribution in [2.75, 3.05) is 6.54 Å². The standard InChI is InChI=1S/C11H9ClN4O5/c1-16-8-4(2-14-11(12)15-8)7(19)6(10(16)21)9(20)13-3-5(17)18/h2,19H,3H2,1H3,(H,13,20)(H,17,18). The smallest absolute Gasteiger partial charge is 0.322 e. The van der Waals surface area contributed by atoms with E-state index in [4.69, 9.17) is 16.7 Å². The number of nitrogens with one attached hydrogen (secondary N) is 1. The van der Waals surface area contributed by atoms with Crippen LogP contribution in [-0.4, -0.2) is 43.2 Å². The lowest BCUT2D eigenvalue weighted by Crippen LogP contribution is -2.35. The van der Waals surface area contributed by atoms with Crippen molar-refractivity contribution >= 4 is 34.5 Å². The van der Waals surface area contributed by atoms with Crippen LogP contribution < -0.4 is 10.9 Å². The topological polar surface area (TPSA) is 134 Å². The molecule has 10 heteroatoms. The number of carbonyl (C=O) groups excluding carboxylic acids is 1. The van der Waals surface area contributed by atoms with Crippen LogP contribution in [0.1, 0.15) is 10.4 Å². The molecule has 0 fully saturated rings. The molecule has 0 unspecified atom stereocenters. The van der Waals surface area contributed by atoms with Gasteiger partial charge in [0.05, 0.1) is 5.39 Å². The predicted molar refractivity (Wildman–Crippen MR) is 71.4 cm³/mol. The number of halogens is 1. The van der Waals surface area contributed by atoms with Crippen LogP contribution in [0.5, 0.6) is 5.75 Å². The number of hydrogen-bond donors (Lipinski definition) is 3. The third kappa shape index (κ3) is 2.63. The van der Waals surface area contributed by atoms with E-state index in [1.807, 2.05) is 5.32 Å². The van der Waals surface area contributed by atoms with Crippen molar-refractivity contribution in [2.24, 2.45) is 7.05 Å². The first-order chi connectivity index (χ1) is 9.82. The summed E-state index contributed by atoms with van der Waals surface area (Å²) in [4.78, 5) is 41.8. The number of amides is 1. The third-order valence-electron chi connectivity index (χ3n) is 2.69. The fraction of sp³-hybridized carbons (Fsp3) is 0.182. The highest BCUT2D eigenvalue weighted by atomic mass is 35.5. The molecule has 0 aliphatic carbocycles. The molecule has 1 amide bonds. The predicted octanol–water partition coefficient (Wildman–Crippen LogP) is -0.498. The summed E-state index contributed by atoms with van der Waals surface area (Å²) >= 11 is 5.62. The first-order valence-corrected chi connectivity index (χ1v) is 5.95. The number of rotatable bonds is 3. The molecule has 0 saturated carbocycles. The number of nitrogens with zero attached hydrogens (tertiary/aromatic N) is 3. The van der Waals surface area contributed by atoms with E-state index in [0.717, 1.165) is 10.8 Å². The van der Waals surface area contributed by atoms with Crippen LogP contribution in [-0.2, 0) is 11.8 Å². The summed E-state index contributed by atoms with van der Waals surface area (Å²) in [5.74, 6) is -2.92.